The zero-order valence-corrected chi connectivity index (χ0v) is 13.6. The number of carbonyl (C=O) groups is 2. The Kier molecular flexibility index (Phi) is 6.46. The van der Waals surface area contributed by atoms with E-state index in [1.807, 2.05) is 18.9 Å². The Morgan fingerprint density at radius 2 is 1.55 bits per heavy atom. The summed E-state index contributed by atoms with van der Waals surface area (Å²) in [6.45, 7) is 11.5. The predicted octanol–water partition coefficient (Wildman–Crippen LogP) is 1.04. The first-order chi connectivity index (χ1) is 9.32. The molecule has 5 nitrogen and oxygen atoms in total. The molecule has 0 aliphatic carbocycles. The van der Waals surface area contributed by atoms with Crippen molar-refractivity contribution in [2.45, 2.75) is 40.2 Å². The summed E-state index contributed by atoms with van der Waals surface area (Å²) in [6, 6.07) is -0.0855. The Morgan fingerprint density at radius 1 is 1.05 bits per heavy atom. The van der Waals surface area contributed by atoms with E-state index < -0.39 is 0 Å². The maximum absolute atomic E-state index is 12.4. The van der Waals surface area contributed by atoms with Crippen LogP contribution in [0, 0.1) is 5.92 Å². The lowest BCUT2D eigenvalue weighted by molar-refractivity contribution is -0.141. The molecule has 20 heavy (non-hydrogen) atoms. The van der Waals surface area contributed by atoms with Gasteiger partial charge in [-0.1, -0.05) is 13.8 Å². The molecular weight excluding hydrogens is 254 g/mol. The molecule has 1 saturated heterocycles. The third kappa shape index (κ3) is 4.78. The van der Waals surface area contributed by atoms with Crippen molar-refractivity contribution in [2.75, 3.05) is 39.8 Å². The first-order valence-electron chi connectivity index (χ1n) is 7.57. The lowest BCUT2D eigenvalue weighted by Crippen LogP contribution is -2.54. The predicted molar refractivity (Wildman–Crippen MR) is 80.4 cm³/mol. The fourth-order valence-corrected chi connectivity index (χ4v) is 2.35. The Balaban J connectivity index is 2.43. The molecule has 0 radical (unpaired) electrons. The molecule has 1 aliphatic heterocycles. The Labute approximate surface area is 122 Å². The van der Waals surface area contributed by atoms with Gasteiger partial charge < -0.3 is 9.80 Å². The first kappa shape index (κ1) is 17.0. The quantitative estimate of drug-likeness (QED) is 0.757. The molecule has 0 N–H and O–H groups in total. The van der Waals surface area contributed by atoms with E-state index in [-0.39, 0.29) is 17.9 Å². The van der Waals surface area contributed by atoms with Crippen LogP contribution < -0.4 is 0 Å². The van der Waals surface area contributed by atoms with Gasteiger partial charge in [0.15, 0.2) is 0 Å². The molecule has 1 heterocycles. The normalized spacial score (nSPS) is 17.8. The first-order valence-corrected chi connectivity index (χ1v) is 7.57. The molecule has 1 rings (SSSR count). The summed E-state index contributed by atoms with van der Waals surface area (Å²) in [4.78, 5) is 29.5. The number of piperazine rings is 1. The Bertz CT molecular complexity index is 336. The molecule has 0 saturated carbocycles. The van der Waals surface area contributed by atoms with Crippen molar-refractivity contribution in [3.63, 3.8) is 0 Å². The zero-order chi connectivity index (χ0) is 15.3. The van der Waals surface area contributed by atoms with E-state index in [9.17, 15) is 9.59 Å². The van der Waals surface area contributed by atoms with Crippen molar-refractivity contribution in [1.29, 1.82) is 0 Å². The van der Waals surface area contributed by atoms with Crippen LogP contribution in [0.3, 0.4) is 0 Å². The molecule has 5 heteroatoms. The number of rotatable bonds is 5. The van der Waals surface area contributed by atoms with Crippen molar-refractivity contribution in [3.8, 4) is 0 Å². The minimum absolute atomic E-state index is 0.0855. The summed E-state index contributed by atoms with van der Waals surface area (Å²) >= 11 is 0. The van der Waals surface area contributed by atoms with Crippen LogP contribution in [0.15, 0.2) is 0 Å². The van der Waals surface area contributed by atoms with Gasteiger partial charge in [0, 0.05) is 33.1 Å². The van der Waals surface area contributed by atoms with Crippen molar-refractivity contribution in [2.24, 2.45) is 5.92 Å². The van der Waals surface area contributed by atoms with E-state index >= 15 is 0 Å². The number of hydrogen-bond donors (Lipinski definition) is 0. The SMILES string of the molecule is CC(=O)N1CCN(C(=O)C(C)N(C)CCC(C)C)CC1. The van der Waals surface area contributed by atoms with E-state index in [1.165, 1.54) is 0 Å². The molecule has 1 fully saturated rings. The Hall–Kier alpha value is -1.10. The lowest BCUT2D eigenvalue weighted by Gasteiger charge is -2.37. The monoisotopic (exact) mass is 283 g/mol. The van der Waals surface area contributed by atoms with Gasteiger partial charge in [-0.2, -0.15) is 0 Å². The van der Waals surface area contributed by atoms with Gasteiger partial charge >= 0.3 is 0 Å². The molecule has 0 aromatic carbocycles. The summed E-state index contributed by atoms with van der Waals surface area (Å²) in [5.74, 6) is 0.928. The fourth-order valence-electron chi connectivity index (χ4n) is 2.35. The molecular formula is C15H29N3O2. The second-order valence-electron chi connectivity index (χ2n) is 6.17. The summed E-state index contributed by atoms with van der Waals surface area (Å²) in [7, 11) is 2.01. The Morgan fingerprint density at radius 3 is 2.00 bits per heavy atom. The van der Waals surface area contributed by atoms with Crippen LogP contribution in [-0.4, -0.2) is 72.3 Å². The van der Waals surface area contributed by atoms with E-state index in [0.717, 1.165) is 13.0 Å². The van der Waals surface area contributed by atoms with Crippen LogP contribution in [0.1, 0.15) is 34.1 Å². The number of carbonyl (C=O) groups excluding carboxylic acids is 2. The van der Waals surface area contributed by atoms with Gasteiger partial charge in [0.2, 0.25) is 11.8 Å². The summed E-state index contributed by atoms with van der Waals surface area (Å²) in [6.07, 6.45) is 1.10. The molecule has 2 amide bonds. The summed E-state index contributed by atoms with van der Waals surface area (Å²) in [5.41, 5.74) is 0. The fraction of sp³-hybridized carbons (Fsp3) is 0.867. The third-order valence-corrected chi connectivity index (χ3v) is 4.11. The number of amides is 2. The highest BCUT2D eigenvalue weighted by molar-refractivity contribution is 5.82. The van der Waals surface area contributed by atoms with Crippen LogP contribution in [0.25, 0.3) is 0 Å². The van der Waals surface area contributed by atoms with Crippen LogP contribution in [0.4, 0.5) is 0 Å². The second kappa shape index (κ2) is 7.62. The van der Waals surface area contributed by atoms with Crippen molar-refractivity contribution in [3.05, 3.63) is 0 Å². The number of hydrogen-bond acceptors (Lipinski definition) is 3. The zero-order valence-electron chi connectivity index (χ0n) is 13.6. The van der Waals surface area contributed by atoms with E-state index in [1.54, 1.807) is 11.8 Å². The summed E-state index contributed by atoms with van der Waals surface area (Å²) in [5, 5.41) is 0. The molecule has 116 valence electrons. The van der Waals surface area contributed by atoms with Gasteiger partial charge in [-0.25, -0.2) is 0 Å². The highest BCUT2D eigenvalue weighted by Crippen LogP contribution is 2.09. The van der Waals surface area contributed by atoms with Crippen LogP contribution in [-0.2, 0) is 9.59 Å². The maximum atomic E-state index is 12.4. The smallest absolute Gasteiger partial charge is 0.239 e. The average Bonchev–Trinajstić information content (AvgIpc) is 2.43. The van der Waals surface area contributed by atoms with Gasteiger partial charge in [-0.15, -0.1) is 0 Å². The van der Waals surface area contributed by atoms with Gasteiger partial charge in [-0.3, -0.25) is 14.5 Å². The highest BCUT2D eigenvalue weighted by atomic mass is 16.2. The van der Waals surface area contributed by atoms with Crippen LogP contribution >= 0.6 is 0 Å². The third-order valence-electron chi connectivity index (χ3n) is 4.11. The molecule has 0 aromatic rings. The van der Waals surface area contributed by atoms with E-state index in [4.69, 9.17) is 0 Å². The van der Waals surface area contributed by atoms with Gasteiger partial charge in [0.05, 0.1) is 6.04 Å². The molecule has 1 aliphatic rings. The van der Waals surface area contributed by atoms with Gasteiger partial charge in [-0.05, 0) is 32.9 Å². The standard InChI is InChI=1S/C15H29N3O2/c1-12(2)6-7-16(5)13(3)15(20)18-10-8-17(9-11-18)14(4)19/h12-13H,6-11H2,1-5H3. The van der Waals surface area contributed by atoms with E-state index in [0.29, 0.717) is 32.1 Å². The van der Waals surface area contributed by atoms with Crippen molar-refractivity contribution < 1.29 is 9.59 Å². The molecule has 0 bridgehead atoms. The van der Waals surface area contributed by atoms with Crippen LogP contribution in [0.5, 0.6) is 0 Å². The second-order valence-corrected chi connectivity index (χ2v) is 6.17. The largest absolute Gasteiger partial charge is 0.339 e. The number of nitrogens with zero attached hydrogens (tertiary/aromatic N) is 3. The topological polar surface area (TPSA) is 43.9 Å². The summed E-state index contributed by atoms with van der Waals surface area (Å²) < 4.78 is 0. The number of likely N-dealkylation sites (N-methyl/N-ethyl adjacent to an activating group) is 1. The van der Waals surface area contributed by atoms with Crippen molar-refractivity contribution >= 4 is 11.8 Å². The van der Waals surface area contributed by atoms with Crippen LogP contribution in [0.2, 0.25) is 0 Å². The molecule has 1 atom stereocenters. The average molecular weight is 283 g/mol. The maximum Gasteiger partial charge on any atom is 0.239 e. The van der Waals surface area contributed by atoms with Crippen molar-refractivity contribution in [1.82, 2.24) is 14.7 Å². The molecule has 0 spiro atoms. The van der Waals surface area contributed by atoms with E-state index in [2.05, 4.69) is 18.7 Å². The highest BCUT2D eigenvalue weighted by Gasteiger charge is 2.27. The minimum atomic E-state index is -0.0855. The van der Waals surface area contributed by atoms with Gasteiger partial charge in [0.25, 0.3) is 0 Å². The lowest BCUT2D eigenvalue weighted by atomic mass is 10.1. The minimum Gasteiger partial charge on any atom is -0.339 e. The van der Waals surface area contributed by atoms with Gasteiger partial charge in [0.1, 0.15) is 0 Å². The molecule has 0 aromatic heterocycles. The molecule has 1 unspecified atom stereocenters.